The number of rotatable bonds is 4. The van der Waals surface area contributed by atoms with E-state index in [0.717, 1.165) is 24.4 Å². The summed E-state index contributed by atoms with van der Waals surface area (Å²) in [5, 5.41) is 8.77. The molecule has 1 aliphatic heterocycles. The van der Waals surface area contributed by atoms with Crippen LogP contribution in [0.25, 0.3) is 0 Å². The Morgan fingerprint density at radius 3 is 2.95 bits per heavy atom. The lowest BCUT2D eigenvalue weighted by Gasteiger charge is -2.22. The van der Waals surface area contributed by atoms with E-state index in [1.807, 2.05) is 12.1 Å². The Morgan fingerprint density at radius 2 is 2.30 bits per heavy atom. The first-order valence-electron chi connectivity index (χ1n) is 7.25. The lowest BCUT2D eigenvalue weighted by Crippen LogP contribution is -2.26. The minimum atomic E-state index is 0.112. The van der Waals surface area contributed by atoms with Gasteiger partial charge in [-0.1, -0.05) is 11.8 Å². The van der Waals surface area contributed by atoms with Gasteiger partial charge in [0.15, 0.2) is 0 Å². The van der Waals surface area contributed by atoms with Crippen LogP contribution in [0, 0.1) is 11.8 Å². The fourth-order valence-electron chi connectivity index (χ4n) is 2.65. The summed E-state index contributed by atoms with van der Waals surface area (Å²) in [6.07, 6.45) is 3.07. The minimum absolute atomic E-state index is 0.112. The van der Waals surface area contributed by atoms with Crippen LogP contribution in [-0.2, 0) is 6.54 Å². The zero-order valence-corrected chi connectivity index (χ0v) is 12.4. The second kappa shape index (κ2) is 7.33. The molecule has 1 aromatic rings. The third-order valence-electron chi connectivity index (χ3n) is 3.81. The molecule has 0 aromatic heterocycles. The van der Waals surface area contributed by atoms with Crippen LogP contribution in [-0.4, -0.2) is 36.3 Å². The van der Waals surface area contributed by atoms with E-state index < -0.39 is 0 Å². The number of aliphatic hydroxyl groups excluding tert-OH is 1. The number of ether oxygens (including phenoxy) is 1. The summed E-state index contributed by atoms with van der Waals surface area (Å²) in [5.74, 6) is 6.98. The number of hydrogen-bond acceptors (Lipinski definition) is 3. The van der Waals surface area contributed by atoms with Gasteiger partial charge in [-0.3, -0.25) is 4.90 Å². The third kappa shape index (κ3) is 3.75. The molecule has 1 unspecified atom stereocenters. The molecule has 108 valence electrons. The summed E-state index contributed by atoms with van der Waals surface area (Å²) < 4.78 is 5.46. The van der Waals surface area contributed by atoms with Crippen LogP contribution < -0.4 is 4.74 Å². The summed E-state index contributed by atoms with van der Waals surface area (Å²) >= 11 is 0. The van der Waals surface area contributed by atoms with Gasteiger partial charge in [0, 0.05) is 30.1 Å². The predicted octanol–water partition coefficient (Wildman–Crippen LogP) is 2.41. The number of hydrogen-bond donors (Lipinski definition) is 1. The molecule has 0 radical (unpaired) electrons. The number of methoxy groups -OCH3 is 1. The predicted molar refractivity (Wildman–Crippen MR) is 80.7 cm³/mol. The molecule has 1 atom stereocenters. The van der Waals surface area contributed by atoms with E-state index in [-0.39, 0.29) is 6.61 Å². The Balaban J connectivity index is 2.16. The maximum Gasteiger partial charge on any atom is 0.123 e. The van der Waals surface area contributed by atoms with Crippen LogP contribution in [0.1, 0.15) is 37.3 Å². The summed E-state index contributed by atoms with van der Waals surface area (Å²) in [6.45, 7) is 4.47. The molecule has 3 nitrogen and oxygen atoms in total. The van der Waals surface area contributed by atoms with Gasteiger partial charge in [-0.2, -0.15) is 0 Å². The van der Waals surface area contributed by atoms with E-state index >= 15 is 0 Å². The standard InChI is InChI=1S/C17H23NO2/c1-14-6-5-10-18(14)13-16-12-15(7-3-4-11-19)8-9-17(16)20-2/h8-9,12,14,19H,4-6,10-11,13H2,1-2H3. The Bertz CT molecular complexity index is 501. The van der Waals surface area contributed by atoms with E-state index in [4.69, 9.17) is 9.84 Å². The van der Waals surface area contributed by atoms with Crippen molar-refractivity contribution >= 4 is 0 Å². The molecule has 3 heteroatoms. The van der Waals surface area contributed by atoms with E-state index in [0.29, 0.717) is 12.5 Å². The molecule has 1 N–H and O–H groups in total. The monoisotopic (exact) mass is 273 g/mol. The van der Waals surface area contributed by atoms with Gasteiger partial charge in [-0.15, -0.1) is 0 Å². The van der Waals surface area contributed by atoms with E-state index in [1.165, 1.54) is 18.4 Å². The summed E-state index contributed by atoms with van der Waals surface area (Å²) in [5.41, 5.74) is 2.18. The molecule has 1 aromatic carbocycles. The van der Waals surface area contributed by atoms with Crippen molar-refractivity contribution < 1.29 is 9.84 Å². The first-order chi connectivity index (χ1) is 9.74. The van der Waals surface area contributed by atoms with Crippen molar-refractivity contribution in [1.29, 1.82) is 0 Å². The third-order valence-corrected chi connectivity index (χ3v) is 3.81. The molecular formula is C17H23NO2. The van der Waals surface area contributed by atoms with Crippen LogP contribution >= 0.6 is 0 Å². The first-order valence-corrected chi connectivity index (χ1v) is 7.25. The minimum Gasteiger partial charge on any atom is -0.496 e. The quantitative estimate of drug-likeness (QED) is 0.855. The fraction of sp³-hybridized carbons (Fsp3) is 0.529. The molecule has 2 rings (SSSR count). The Kier molecular flexibility index (Phi) is 5.46. The van der Waals surface area contributed by atoms with Gasteiger partial charge in [0.25, 0.3) is 0 Å². The normalized spacial score (nSPS) is 18.6. The van der Waals surface area contributed by atoms with Crippen LogP contribution in [0.15, 0.2) is 18.2 Å². The van der Waals surface area contributed by atoms with Crippen LogP contribution in [0.5, 0.6) is 5.75 Å². The second-order valence-corrected chi connectivity index (χ2v) is 5.26. The number of aliphatic hydroxyl groups is 1. The van der Waals surface area contributed by atoms with Crippen LogP contribution in [0.2, 0.25) is 0 Å². The average molecular weight is 273 g/mol. The summed E-state index contributed by atoms with van der Waals surface area (Å²) in [7, 11) is 1.71. The highest BCUT2D eigenvalue weighted by atomic mass is 16.5. The van der Waals surface area contributed by atoms with Gasteiger partial charge in [-0.05, 0) is 44.5 Å². The molecule has 1 heterocycles. The van der Waals surface area contributed by atoms with Crippen molar-refractivity contribution in [2.75, 3.05) is 20.3 Å². The summed E-state index contributed by atoms with van der Waals surface area (Å²) in [4.78, 5) is 2.49. The van der Waals surface area contributed by atoms with E-state index in [9.17, 15) is 0 Å². The highest BCUT2D eigenvalue weighted by Crippen LogP contribution is 2.25. The summed E-state index contributed by atoms with van der Waals surface area (Å²) in [6, 6.07) is 6.71. The number of nitrogens with zero attached hydrogens (tertiary/aromatic N) is 1. The Labute approximate surface area is 121 Å². The number of benzene rings is 1. The molecule has 1 saturated heterocycles. The van der Waals surface area contributed by atoms with E-state index in [2.05, 4.69) is 29.7 Å². The zero-order valence-electron chi connectivity index (χ0n) is 12.4. The lowest BCUT2D eigenvalue weighted by atomic mass is 10.1. The van der Waals surface area contributed by atoms with Gasteiger partial charge in [0.05, 0.1) is 13.7 Å². The highest BCUT2D eigenvalue weighted by Gasteiger charge is 2.21. The van der Waals surface area contributed by atoms with Crippen molar-refractivity contribution in [3.05, 3.63) is 29.3 Å². The van der Waals surface area contributed by atoms with Gasteiger partial charge in [0.2, 0.25) is 0 Å². The molecule has 1 aliphatic rings. The van der Waals surface area contributed by atoms with Gasteiger partial charge >= 0.3 is 0 Å². The molecule has 1 fully saturated rings. The van der Waals surface area contributed by atoms with Crippen LogP contribution in [0.4, 0.5) is 0 Å². The lowest BCUT2D eigenvalue weighted by molar-refractivity contribution is 0.256. The first kappa shape index (κ1) is 14.9. The maximum atomic E-state index is 8.77. The Morgan fingerprint density at radius 1 is 1.45 bits per heavy atom. The smallest absolute Gasteiger partial charge is 0.123 e. The molecule has 0 aliphatic carbocycles. The molecule has 0 spiro atoms. The second-order valence-electron chi connectivity index (χ2n) is 5.26. The van der Waals surface area contributed by atoms with E-state index in [1.54, 1.807) is 7.11 Å². The van der Waals surface area contributed by atoms with Crippen LogP contribution in [0.3, 0.4) is 0 Å². The van der Waals surface area contributed by atoms with Crippen molar-refractivity contribution in [2.24, 2.45) is 0 Å². The molecule has 0 amide bonds. The largest absolute Gasteiger partial charge is 0.496 e. The molecule has 0 bridgehead atoms. The fourth-order valence-corrected chi connectivity index (χ4v) is 2.65. The molecular weight excluding hydrogens is 250 g/mol. The Hall–Kier alpha value is -1.50. The number of likely N-dealkylation sites (tertiary alicyclic amines) is 1. The average Bonchev–Trinajstić information content (AvgIpc) is 2.85. The maximum absolute atomic E-state index is 8.77. The highest BCUT2D eigenvalue weighted by molar-refractivity contribution is 5.44. The van der Waals surface area contributed by atoms with Gasteiger partial charge in [-0.25, -0.2) is 0 Å². The zero-order chi connectivity index (χ0) is 14.4. The van der Waals surface area contributed by atoms with Crippen molar-refractivity contribution in [1.82, 2.24) is 4.90 Å². The van der Waals surface area contributed by atoms with Crippen molar-refractivity contribution in [3.8, 4) is 17.6 Å². The topological polar surface area (TPSA) is 32.7 Å². The van der Waals surface area contributed by atoms with Crippen molar-refractivity contribution in [2.45, 2.75) is 38.8 Å². The van der Waals surface area contributed by atoms with Gasteiger partial charge < -0.3 is 9.84 Å². The molecule has 20 heavy (non-hydrogen) atoms. The SMILES string of the molecule is COc1ccc(C#CCCO)cc1CN1CCCC1C. The van der Waals surface area contributed by atoms with Gasteiger partial charge in [0.1, 0.15) is 5.75 Å². The molecule has 0 saturated carbocycles. The van der Waals surface area contributed by atoms with Crippen molar-refractivity contribution in [3.63, 3.8) is 0 Å².